The molecule has 0 saturated carbocycles. The summed E-state index contributed by atoms with van der Waals surface area (Å²) in [7, 11) is 0. The average molecular weight is 347 g/mol. The molecule has 2 N–H and O–H groups in total. The Morgan fingerprint density at radius 1 is 1.20 bits per heavy atom. The van der Waals surface area contributed by atoms with E-state index in [4.69, 9.17) is 4.74 Å². The highest BCUT2D eigenvalue weighted by molar-refractivity contribution is 5.81. The number of halogens is 1. The minimum atomic E-state index is -1.43. The Morgan fingerprint density at radius 2 is 1.88 bits per heavy atom. The van der Waals surface area contributed by atoms with E-state index >= 15 is 0 Å². The zero-order valence-electron chi connectivity index (χ0n) is 13.6. The van der Waals surface area contributed by atoms with E-state index in [9.17, 15) is 24.2 Å². The number of ether oxygens (including phenoxy) is 1. The lowest BCUT2D eigenvalue weighted by Crippen LogP contribution is -2.39. The van der Waals surface area contributed by atoms with E-state index in [0.29, 0.717) is 0 Å². The van der Waals surface area contributed by atoms with Gasteiger partial charge in [0.05, 0.1) is 0 Å². The number of phenols is 1. The maximum atomic E-state index is 13.6. The molecule has 0 fully saturated rings. The molecule has 0 aliphatic rings. The summed E-state index contributed by atoms with van der Waals surface area (Å²) in [5, 5.41) is 18.7. The van der Waals surface area contributed by atoms with Crippen molar-refractivity contribution < 1.29 is 28.9 Å². The van der Waals surface area contributed by atoms with Gasteiger partial charge in [-0.05, 0) is 30.2 Å². The van der Waals surface area contributed by atoms with Crippen LogP contribution >= 0.6 is 0 Å². The molecule has 1 atom stereocenters. The molecule has 2 rings (SSSR count). The molecule has 25 heavy (non-hydrogen) atoms. The Labute approximate surface area is 144 Å². The number of nitrogens with zero attached hydrogens (tertiary/aromatic N) is 1. The summed E-state index contributed by atoms with van der Waals surface area (Å²) < 4.78 is 18.7. The first-order valence-electron chi connectivity index (χ1n) is 7.62. The van der Waals surface area contributed by atoms with E-state index in [-0.39, 0.29) is 18.7 Å². The third-order valence-corrected chi connectivity index (χ3v) is 3.61. The van der Waals surface area contributed by atoms with E-state index in [1.54, 1.807) is 31.2 Å². The van der Waals surface area contributed by atoms with Gasteiger partial charge in [0, 0.05) is 6.54 Å². The van der Waals surface area contributed by atoms with Gasteiger partial charge in [-0.25, -0.2) is 14.0 Å². The predicted molar refractivity (Wildman–Crippen MR) is 87.4 cm³/mol. The van der Waals surface area contributed by atoms with E-state index in [1.165, 1.54) is 6.07 Å². The molecule has 1 unspecified atom stereocenters. The van der Waals surface area contributed by atoms with E-state index in [2.05, 4.69) is 0 Å². The van der Waals surface area contributed by atoms with Crippen LogP contribution in [0.5, 0.6) is 5.75 Å². The van der Waals surface area contributed by atoms with E-state index in [0.717, 1.165) is 22.6 Å². The molecule has 0 spiro atoms. The highest BCUT2D eigenvalue weighted by Crippen LogP contribution is 2.26. The van der Waals surface area contributed by atoms with Gasteiger partial charge in [0.2, 0.25) is 0 Å². The van der Waals surface area contributed by atoms with Crippen molar-refractivity contribution in [2.24, 2.45) is 0 Å². The highest BCUT2D eigenvalue weighted by atomic mass is 19.1. The van der Waals surface area contributed by atoms with Crippen LogP contribution in [0.4, 0.5) is 9.18 Å². The molecule has 0 aliphatic heterocycles. The quantitative estimate of drug-likeness (QED) is 0.837. The molecule has 7 heteroatoms. The fraction of sp³-hybridized carbons (Fsp3) is 0.222. The Kier molecular flexibility index (Phi) is 5.94. The van der Waals surface area contributed by atoms with Crippen molar-refractivity contribution in [3.8, 4) is 5.75 Å². The Bertz CT molecular complexity index is 750. The molecule has 0 radical (unpaired) electrons. The number of aliphatic carboxylic acids is 1. The lowest BCUT2D eigenvalue weighted by Gasteiger charge is -2.27. The van der Waals surface area contributed by atoms with E-state index < -0.39 is 29.7 Å². The summed E-state index contributed by atoms with van der Waals surface area (Å²) in [5.41, 5.74) is 0.788. The molecule has 6 nitrogen and oxygen atoms in total. The second kappa shape index (κ2) is 8.14. The topological polar surface area (TPSA) is 87.1 Å². The zero-order chi connectivity index (χ0) is 18.4. The average Bonchev–Trinajstić information content (AvgIpc) is 2.60. The minimum Gasteiger partial charge on any atom is -0.505 e. The number of likely N-dealkylation sites (N-methyl/N-ethyl adjacent to an activating group) is 1. The monoisotopic (exact) mass is 347 g/mol. The van der Waals surface area contributed by atoms with Gasteiger partial charge < -0.3 is 14.9 Å². The van der Waals surface area contributed by atoms with Crippen molar-refractivity contribution in [3.05, 3.63) is 65.5 Å². The zero-order valence-corrected chi connectivity index (χ0v) is 13.6. The predicted octanol–water partition coefficient (Wildman–Crippen LogP) is 3.32. The van der Waals surface area contributed by atoms with Gasteiger partial charge in [-0.2, -0.15) is 0 Å². The van der Waals surface area contributed by atoms with Crippen LogP contribution in [0.25, 0.3) is 0 Å². The second-order valence-electron chi connectivity index (χ2n) is 5.28. The number of rotatable bonds is 6. The van der Waals surface area contributed by atoms with Crippen molar-refractivity contribution in [2.75, 3.05) is 6.54 Å². The first-order chi connectivity index (χ1) is 11.9. The number of hydrogen-bond acceptors (Lipinski definition) is 4. The fourth-order valence-corrected chi connectivity index (χ4v) is 2.37. The molecule has 0 saturated heterocycles. The molecule has 2 aromatic carbocycles. The normalized spacial score (nSPS) is 11.6. The number of aromatic hydroxyl groups is 1. The number of carbonyl (C=O) groups excluding carboxylic acids is 1. The SMILES string of the molecule is CCN(C(=O)OCc1ccccc1)C(C(=O)O)c1ccc(O)c(F)c1. The van der Waals surface area contributed by atoms with Gasteiger partial charge in [0.15, 0.2) is 17.6 Å². The molecule has 0 bridgehead atoms. The van der Waals surface area contributed by atoms with Crippen LogP contribution in [-0.4, -0.2) is 33.7 Å². The van der Waals surface area contributed by atoms with Gasteiger partial charge in [-0.15, -0.1) is 0 Å². The second-order valence-corrected chi connectivity index (χ2v) is 5.28. The number of amides is 1. The Balaban J connectivity index is 2.20. The number of benzene rings is 2. The fourth-order valence-electron chi connectivity index (χ4n) is 2.37. The molecule has 0 aromatic heterocycles. The van der Waals surface area contributed by atoms with Crippen LogP contribution in [0.1, 0.15) is 24.1 Å². The summed E-state index contributed by atoms with van der Waals surface area (Å²) >= 11 is 0. The van der Waals surface area contributed by atoms with Gasteiger partial charge >= 0.3 is 12.1 Å². The van der Waals surface area contributed by atoms with Gasteiger partial charge in [-0.1, -0.05) is 36.4 Å². The molecule has 2 aromatic rings. The van der Waals surface area contributed by atoms with Gasteiger partial charge in [0.1, 0.15) is 6.61 Å². The number of carboxylic acids is 1. The lowest BCUT2D eigenvalue weighted by molar-refractivity contribution is -0.143. The molecule has 0 heterocycles. The van der Waals surface area contributed by atoms with Crippen LogP contribution < -0.4 is 0 Å². The largest absolute Gasteiger partial charge is 0.505 e. The number of carbonyl (C=O) groups is 2. The molecule has 1 amide bonds. The van der Waals surface area contributed by atoms with Crippen molar-refractivity contribution in [1.82, 2.24) is 4.90 Å². The van der Waals surface area contributed by atoms with Gasteiger partial charge in [0.25, 0.3) is 0 Å². The van der Waals surface area contributed by atoms with Gasteiger partial charge in [-0.3, -0.25) is 4.90 Å². The van der Waals surface area contributed by atoms with Crippen LogP contribution in [0, 0.1) is 5.82 Å². The third-order valence-electron chi connectivity index (χ3n) is 3.61. The molecule has 132 valence electrons. The third kappa shape index (κ3) is 4.47. The molecule has 0 aliphatic carbocycles. The molecular weight excluding hydrogens is 329 g/mol. The van der Waals surface area contributed by atoms with Crippen LogP contribution in [0.2, 0.25) is 0 Å². The van der Waals surface area contributed by atoms with Crippen LogP contribution in [0.3, 0.4) is 0 Å². The first kappa shape index (κ1) is 18.3. The van der Waals surface area contributed by atoms with Crippen molar-refractivity contribution >= 4 is 12.1 Å². The maximum absolute atomic E-state index is 13.6. The summed E-state index contributed by atoms with van der Waals surface area (Å²) in [4.78, 5) is 24.9. The van der Waals surface area contributed by atoms with Crippen molar-refractivity contribution in [3.63, 3.8) is 0 Å². The summed E-state index contributed by atoms with van der Waals surface area (Å²) in [5.74, 6) is -2.89. The number of carboxylic acid groups (broad SMARTS) is 1. The molecular formula is C18H18FNO5. The number of hydrogen-bond donors (Lipinski definition) is 2. The first-order valence-corrected chi connectivity index (χ1v) is 7.62. The van der Waals surface area contributed by atoms with Crippen LogP contribution in [0.15, 0.2) is 48.5 Å². The standard InChI is InChI=1S/C18H18FNO5/c1-2-20(18(24)25-11-12-6-4-3-5-7-12)16(17(22)23)13-8-9-15(21)14(19)10-13/h3-10,16,21H,2,11H2,1H3,(H,22,23). The Morgan fingerprint density at radius 3 is 2.44 bits per heavy atom. The van der Waals surface area contributed by atoms with Crippen LogP contribution in [-0.2, 0) is 16.1 Å². The van der Waals surface area contributed by atoms with Crippen molar-refractivity contribution in [2.45, 2.75) is 19.6 Å². The van der Waals surface area contributed by atoms with E-state index in [1.807, 2.05) is 6.07 Å². The smallest absolute Gasteiger partial charge is 0.411 e. The summed E-state index contributed by atoms with van der Waals surface area (Å²) in [6.07, 6.45) is -0.827. The number of phenolic OH excluding ortho intramolecular Hbond substituents is 1. The summed E-state index contributed by atoms with van der Waals surface area (Å²) in [6.45, 7) is 1.63. The minimum absolute atomic E-state index is 0.00749. The van der Waals surface area contributed by atoms with Crippen molar-refractivity contribution in [1.29, 1.82) is 0 Å². The lowest BCUT2D eigenvalue weighted by atomic mass is 10.1. The summed E-state index contributed by atoms with van der Waals surface area (Å²) in [6, 6.07) is 10.7. The maximum Gasteiger partial charge on any atom is 0.411 e. The Hall–Kier alpha value is -3.09. The highest BCUT2D eigenvalue weighted by Gasteiger charge is 2.31.